The van der Waals surface area contributed by atoms with E-state index < -0.39 is 6.10 Å². The van der Waals surface area contributed by atoms with Gasteiger partial charge in [-0.2, -0.15) is 0 Å². The van der Waals surface area contributed by atoms with E-state index in [0.29, 0.717) is 6.42 Å². The molecule has 0 fully saturated rings. The predicted octanol–water partition coefficient (Wildman–Crippen LogP) is 4.17. The Morgan fingerprint density at radius 2 is 1.94 bits per heavy atom. The molecule has 94 valence electrons. The molecule has 0 saturated carbocycles. The number of halogens is 2. The topological polar surface area (TPSA) is 20.2 Å². The Kier molecular flexibility index (Phi) is 4.15. The van der Waals surface area contributed by atoms with E-state index >= 15 is 0 Å². The summed E-state index contributed by atoms with van der Waals surface area (Å²) in [6.45, 7) is 1.81. The van der Waals surface area contributed by atoms with Gasteiger partial charge in [0.2, 0.25) is 0 Å². The third-order valence-electron chi connectivity index (χ3n) is 2.96. The van der Waals surface area contributed by atoms with Crippen molar-refractivity contribution in [3.8, 4) is 0 Å². The van der Waals surface area contributed by atoms with Gasteiger partial charge in [-0.3, -0.25) is 0 Å². The first-order valence-corrected chi connectivity index (χ1v) is 6.55. The SMILES string of the molecule is Cc1cc(F)ccc1C(O)Cc1ccccc1Br. The number of hydrogen-bond acceptors (Lipinski definition) is 1. The first-order chi connectivity index (χ1) is 8.58. The lowest BCUT2D eigenvalue weighted by molar-refractivity contribution is 0.177. The lowest BCUT2D eigenvalue weighted by Crippen LogP contribution is -2.04. The van der Waals surface area contributed by atoms with Crippen LogP contribution < -0.4 is 0 Å². The normalized spacial score (nSPS) is 12.4. The molecule has 3 heteroatoms. The molecule has 0 aromatic heterocycles. The molecule has 1 N–H and O–H groups in total. The van der Waals surface area contributed by atoms with E-state index in [1.807, 2.05) is 31.2 Å². The summed E-state index contributed by atoms with van der Waals surface area (Å²) in [6.07, 6.45) is -0.113. The van der Waals surface area contributed by atoms with Crippen LogP contribution in [0.3, 0.4) is 0 Å². The van der Waals surface area contributed by atoms with Crippen LogP contribution in [0.4, 0.5) is 4.39 Å². The lowest BCUT2D eigenvalue weighted by Gasteiger charge is -2.14. The largest absolute Gasteiger partial charge is 0.388 e. The zero-order valence-corrected chi connectivity index (χ0v) is 11.6. The molecule has 0 aliphatic heterocycles. The van der Waals surface area contributed by atoms with Crippen molar-refractivity contribution < 1.29 is 9.50 Å². The zero-order chi connectivity index (χ0) is 13.1. The van der Waals surface area contributed by atoms with Gasteiger partial charge in [-0.25, -0.2) is 4.39 Å². The summed E-state index contributed by atoms with van der Waals surface area (Å²) in [4.78, 5) is 0. The van der Waals surface area contributed by atoms with E-state index in [1.165, 1.54) is 12.1 Å². The Morgan fingerprint density at radius 1 is 1.22 bits per heavy atom. The van der Waals surface area contributed by atoms with Crippen molar-refractivity contribution in [2.75, 3.05) is 0 Å². The molecule has 18 heavy (non-hydrogen) atoms. The number of rotatable bonds is 3. The molecule has 0 radical (unpaired) electrons. The Hall–Kier alpha value is -1.19. The molecule has 0 amide bonds. The van der Waals surface area contributed by atoms with E-state index in [0.717, 1.165) is 21.2 Å². The molecule has 1 unspecified atom stereocenters. The van der Waals surface area contributed by atoms with E-state index in [4.69, 9.17) is 0 Å². The van der Waals surface area contributed by atoms with Gasteiger partial charge in [0.15, 0.2) is 0 Å². The second-order valence-corrected chi connectivity index (χ2v) is 5.17. The van der Waals surface area contributed by atoms with Gasteiger partial charge in [0.05, 0.1) is 6.10 Å². The molecule has 0 bridgehead atoms. The molecule has 0 saturated heterocycles. The number of benzene rings is 2. The van der Waals surface area contributed by atoms with E-state index in [2.05, 4.69) is 15.9 Å². The van der Waals surface area contributed by atoms with Crippen LogP contribution in [-0.2, 0) is 6.42 Å². The maximum atomic E-state index is 13.0. The van der Waals surface area contributed by atoms with Gasteiger partial charge in [0.1, 0.15) is 5.82 Å². The molecule has 0 aliphatic carbocycles. The molecule has 2 rings (SSSR count). The van der Waals surface area contributed by atoms with Crippen molar-refractivity contribution in [3.63, 3.8) is 0 Å². The van der Waals surface area contributed by atoms with Gasteiger partial charge in [0, 0.05) is 10.9 Å². The van der Waals surface area contributed by atoms with Gasteiger partial charge < -0.3 is 5.11 Å². The average molecular weight is 309 g/mol. The van der Waals surface area contributed by atoms with E-state index in [1.54, 1.807) is 6.07 Å². The Balaban J connectivity index is 2.22. The average Bonchev–Trinajstić information content (AvgIpc) is 2.32. The van der Waals surface area contributed by atoms with Gasteiger partial charge in [0.25, 0.3) is 0 Å². The summed E-state index contributed by atoms with van der Waals surface area (Å²) in [5.41, 5.74) is 2.58. The molecule has 0 heterocycles. The summed E-state index contributed by atoms with van der Waals surface area (Å²) in [6, 6.07) is 12.2. The van der Waals surface area contributed by atoms with Crippen LogP contribution in [0, 0.1) is 12.7 Å². The number of aryl methyl sites for hydroxylation is 1. The van der Waals surface area contributed by atoms with Crippen LogP contribution in [0.2, 0.25) is 0 Å². The molecule has 0 spiro atoms. The fourth-order valence-corrected chi connectivity index (χ4v) is 2.44. The fraction of sp³-hybridized carbons (Fsp3) is 0.200. The van der Waals surface area contributed by atoms with E-state index in [-0.39, 0.29) is 5.82 Å². The molecule has 0 aliphatic rings. The van der Waals surface area contributed by atoms with Gasteiger partial charge >= 0.3 is 0 Å². The molecule has 1 nitrogen and oxygen atoms in total. The number of aliphatic hydroxyl groups excluding tert-OH is 1. The van der Waals surface area contributed by atoms with Crippen molar-refractivity contribution in [1.29, 1.82) is 0 Å². The van der Waals surface area contributed by atoms with Crippen LogP contribution in [-0.4, -0.2) is 5.11 Å². The van der Waals surface area contributed by atoms with Crippen LogP contribution in [0.25, 0.3) is 0 Å². The first-order valence-electron chi connectivity index (χ1n) is 5.75. The summed E-state index contributed by atoms with van der Waals surface area (Å²) in [5.74, 6) is -0.274. The molecule has 2 aromatic carbocycles. The van der Waals surface area contributed by atoms with Crippen LogP contribution in [0.1, 0.15) is 22.8 Å². The molecule has 1 atom stereocenters. The summed E-state index contributed by atoms with van der Waals surface area (Å²) in [5, 5.41) is 10.2. The maximum absolute atomic E-state index is 13.0. The highest BCUT2D eigenvalue weighted by molar-refractivity contribution is 9.10. The van der Waals surface area contributed by atoms with Crippen LogP contribution in [0.5, 0.6) is 0 Å². The minimum atomic E-state index is -0.621. The van der Waals surface area contributed by atoms with Crippen LogP contribution >= 0.6 is 15.9 Å². The molecular formula is C15H14BrFO. The Morgan fingerprint density at radius 3 is 2.61 bits per heavy atom. The van der Waals surface area contributed by atoms with Gasteiger partial charge in [-0.15, -0.1) is 0 Å². The van der Waals surface area contributed by atoms with Crippen molar-refractivity contribution >= 4 is 15.9 Å². The van der Waals surface area contributed by atoms with Gasteiger partial charge in [-0.05, 0) is 41.8 Å². The molecule has 2 aromatic rings. The second kappa shape index (κ2) is 5.63. The number of hydrogen-bond donors (Lipinski definition) is 1. The highest BCUT2D eigenvalue weighted by Gasteiger charge is 2.13. The first kappa shape index (κ1) is 13.2. The Labute approximate surface area is 114 Å². The highest BCUT2D eigenvalue weighted by Crippen LogP contribution is 2.25. The summed E-state index contributed by atoms with van der Waals surface area (Å²) >= 11 is 3.46. The quantitative estimate of drug-likeness (QED) is 0.902. The highest BCUT2D eigenvalue weighted by atomic mass is 79.9. The Bertz CT molecular complexity index is 554. The van der Waals surface area contributed by atoms with Crippen molar-refractivity contribution in [2.45, 2.75) is 19.4 Å². The third kappa shape index (κ3) is 2.98. The third-order valence-corrected chi connectivity index (χ3v) is 3.74. The monoisotopic (exact) mass is 308 g/mol. The van der Waals surface area contributed by atoms with Gasteiger partial charge in [-0.1, -0.05) is 40.2 Å². The zero-order valence-electron chi connectivity index (χ0n) is 10.0. The fourth-order valence-electron chi connectivity index (χ4n) is 2.00. The standard InChI is InChI=1S/C15H14BrFO/c1-10-8-12(17)6-7-13(10)15(18)9-11-4-2-3-5-14(11)16/h2-8,15,18H,9H2,1H3. The van der Waals surface area contributed by atoms with Crippen molar-refractivity contribution in [1.82, 2.24) is 0 Å². The van der Waals surface area contributed by atoms with E-state index in [9.17, 15) is 9.50 Å². The van der Waals surface area contributed by atoms with Crippen molar-refractivity contribution in [3.05, 3.63) is 69.4 Å². The summed E-state index contributed by atoms with van der Waals surface area (Å²) < 4.78 is 14.0. The smallest absolute Gasteiger partial charge is 0.123 e. The van der Waals surface area contributed by atoms with Crippen LogP contribution in [0.15, 0.2) is 46.9 Å². The summed E-state index contributed by atoms with van der Waals surface area (Å²) in [7, 11) is 0. The van der Waals surface area contributed by atoms with Crippen molar-refractivity contribution in [2.24, 2.45) is 0 Å². The molecular weight excluding hydrogens is 295 g/mol. The minimum Gasteiger partial charge on any atom is -0.388 e. The lowest BCUT2D eigenvalue weighted by atomic mass is 9.98. The predicted molar refractivity (Wildman–Crippen MR) is 73.9 cm³/mol. The maximum Gasteiger partial charge on any atom is 0.123 e. The second-order valence-electron chi connectivity index (χ2n) is 4.31. The minimum absolute atomic E-state index is 0.274. The number of aliphatic hydroxyl groups is 1.